The van der Waals surface area contributed by atoms with Crippen LogP contribution in [0.15, 0.2) is 57.9 Å². The minimum Gasteiger partial charge on any atom is -0.455 e. The van der Waals surface area contributed by atoms with Crippen LogP contribution in [0.5, 0.6) is 0 Å². The minimum atomic E-state index is -3.93. The summed E-state index contributed by atoms with van der Waals surface area (Å²) in [6, 6.07) is 11.8. The first kappa shape index (κ1) is 23.8. The highest BCUT2D eigenvalue weighted by molar-refractivity contribution is 9.10. The summed E-state index contributed by atoms with van der Waals surface area (Å²) in [5.74, 6) is -2.29. The van der Waals surface area contributed by atoms with Crippen LogP contribution in [0.4, 0.5) is 0 Å². The number of hydrogen-bond donors (Lipinski definition) is 2. The topological polar surface area (TPSA) is 122 Å². The van der Waals surface area contributed by atoms with E-state index >= 15 is 0 Å². The first-order valence-electron chi connectivity index (χ1n) is 8.32. The van der Waals surface area contributed by atoms with Crippen LogP contribution >= 0.6 is 27.5 Å². The molecule has 0 saturated heterocycles. The number of hydrazine groups is 1. The molecule has 0 radical (unpaired) electrons. The van der Waals surface area contributed by atoms with E-state index in [1.54, 1.807) is 24.3 Å². The number of nitrogens with zero attached hydrogens (tertiary/aromatic N) is 1. The fraction of sp³-hybridized carbons (Fsp3) is 0.167. The molecular formula is C18H17BrClN3O6S. The number of likely N-dealkylation sites (N-methyl/N-ethyl adjacent to an activating group) is 1. The second kappa shape index (κ2) is 10.5. The molecule has 0 aliphatic carbocycles. The van der Waals surface area contributed by atoms with Crippen LogP contribution in [-0.4, -0.2) is 50.7 Å². The SMILES string of the molecule is CN(CC(=O)OCC(=O)NNC(=O)c1ccc(Br)cc1)S(=O)(=O)c1ccc(Cl)cc1. The molecule has 0 heterocycles. The molecule has 0 aliphatic rings. The maximum Gasteiger partial charge on any atom is 0.321 e. The van der Waals surface area contributed by atoms with Gasteiger partial charge in [0.05, 0.1) is 4.90 Å². The number of nitrogens with one attached hydrogen (secondary N) is 2. The normalized spacial score (nSPS) is 11.1. The Morgan fingerprint density at radius 2 is 1.63 bits per heavy atom. The lowest BCUT2D eigenvalue weighted by Gasteiger charge is -2.16. The van der Waals surface area contributed by atoms with Crippen LogP contribution in [0.1, 0.15) is 10.4 Å². The van der Waals surface area contributed by atoms with E-state index in [0.717, 1.165) is 8.78 Å². The standard InChI is InChI=1S/C18H17BrClN3O6S/c1-23(30(27,28)15-8-6-14(20)7-9-15)10-17(25)29-11-16(24)21-22-18(26)12-2-4-13(19)5-3-12/h2-9H,10-11H2,1H3,(H,21,24)(H,22,26). The van der Waals surface area contributed by atoms with Crippen molar-refractivity contribution in [3.63, 3.8) is 0 Å². The average Bonchev–Trinajstić information content (AvgIpc) is 2.71. The Morgan fingerprint density at radius 3 is 2.23 bits per heavy atom. The highest BCUT2D eigenvalue weighted by Gasteiger charge is 2.24. The average molecular weight is 519 g/mol. The van der Waals surface area contributed by atoms with Crippen molar-refractivity contribution in [1.29, 1.82) is 0 Å². The monoisotopic (exact) mass is 517 g/mol. The van der Waals surface area contributed by atoms with Crippen molar-refractivity contribution in [3.8, 4) is 0 Å². The molecule has 9 nitrogen and oxygen atoms in total. The number of benzene rings is 2. The molecule has 2 aromatic carbocycles. The summed E-state index contributed by atoms with van der Waals surface area (Å²) in [6.45, 7) is -1.31. The van der Waals surface area contributed by atoms with Crippen LogP contribution in [0.3, 0.4) is 0 Å². The fourth-order valence-corrected chi connectivity index (χ4v) is 3.59. The molecule has 12 heteroatoms. The van der Waals surface area contributed by atoms with E-state index in [1.807, 2.05) is 0 Å². The van der Waals surface area contributed by atoms with E-state index in [1.165, 1.54) is 31.3 Å². The van der Waals surface area contributed by atoms with Crippen LogP contribution < -0.4 is 10.9 Å². The summed E-state index contributed by atoms with van der Waals surface area (Å²) in [5.41, 5.74) is 4.57. The molecule has 2 amide bonds. The van der Waals surface area contributed by atoms with Gasteiger partial charge in [-0.15, -0.1) is 0 Å². The zero-order valence-electron chi connectivity index (χ0n) is 15.6. The summed E-state index contributed by atoms with van der Waals surface area (Å²) in [4.78, 5) is 35.4. The Hall–Kier alpha value is -2.47. The molecular weight excluding hydrogens is 502 g/mol. The van der Waals surface area contributed by atoms with Crippen molar-refractivity contribution in [3.05, 3.63) is 63.6 Å². The van der Waals surface area contributed by atoms with Gasteiger partial charge >= 0.3 is 5.97 Å². The van der Waals surface area contributed by atoms with Gasteiger partial charge in [0.1, 0.15) is 6.54 Å². The molecule has 0 unspecified atom stereocenters. The Balaban J connectivity index is 1.79. The first-order chi connectivity index (χ1) is 14.1. The molecule has 0 spiro atoms. The van der Waals surface area contributed by atoms with Gasteiger partial charge in [-0.05, 0) is 48.5 Å². The number of halogens is 2. The summed E-state index contributed by atoms with van der Waals surface area (Å²) in [5, 5.41) is 0.370. The third-order valence-electron chi connectivity index (χ3n) is 3.66. The van der Waals surface area contributed by atoms with Gasteiger partial charge in [0, 0.05) is 22.1 Å². The number of rotatable bonds is 7. The zero-order valence-corrected chi connectivity index (χ0v) is 18.8. The van der Waals surface area contributed by atoms with Gasteiger partial charge in [-0.3, -0.25) is 25.2 Å². The molecule has 2 aromatic rings. The van der Waals surface area contributed by atoms with E-state index in [9.17, 15) is 22.8 Å². The first-order valence-corrected chi connectivity index (χ1v) is 10.9. The Bertz CT molecular complexity index is 1030. The molecule has 0 atom stereocenters. The molecule has 0 saturated carbocycles. The summed E-state index contributed by atoms with van der Waals surface area (Å²) >= 11 is 8.97. The maximum atomic E-state index is 12.4. The van der Waals surface area contributed by atoms with Crippen molar-refractivity contribution < 1.29 is 27.5 Å². The molecule has 0 bridgehead atoms. The number of esters is 1. The summed E-state index contributed by atoms with van der Waals surface area (Å²) in [6.07, 6.45) is 0. The number of carbonyl (C=O) groups is 3. The van der Waals surface area contributed by atoms with Gasteiger partial charge in [0.15, 0.2) is 6.61 Å². The Kier molecular flexibility index (Phi) is 8.35. The number of hydrogen-bond acceptors (Lipinski definition) is 6. The van der Waals surface area contributed by atoms with Crippen LogP contribution in [0.2, 0.25) is 5.02 Å². The van der Waals surface area contributed by atoms with E-state index in [2.05, 4.69) is 26.8 Å². The molecule has 0 aliphatic heterocycles. The Morgan fingerprint density at radius 1 is 1.03 bits per heavy atom. The third-order valence-corrected chi connectivity index (χ3v) is 6.26. The number of carbonyl (C=O) groups excluding carboxylic acids is 3. The second-order valence-corrected chi connectivity index (χ2v) is 9.28. The molecule has 0 fully saturated rings. The van der Waals surface area contributed by atoms with Gasteiger partial charge in [-0.2, -0.15) is 4.31 Å². The van der Waals surface area contributed by atoms with E-state index in [0.29, 0.717) is 10.6 Å². The molecule has 2 rings (SSSR count). The molecule has 2 N–H and O–H groups in total. The predicted octanol–water partition coefficient (Wildman–Crippen LogP) is 1.73. The maximum absolute atomic E-state index is 12.4. The van der Waals surface area contributed by atoms with Crippen LogP contribution in [0, 0.1) is 0 Å². The lowest BCUT2D eigenvalue weighted by atomic mass is 10.2. The number of sulfonamides is 1. The molecule has 160 valence electrons. The highest BCUT2D eigenvalue weighted by Crippen LogP contribution is 2.17. The fourth-order valence-electron chi connectivity index (χ4n) is 2.08. The van der Waals surface area contributed by atoms with Crippen molar-refractivity contribution in [2.24, 2.45) is 0 Å². The predicted molar refractivity (Wildman–Crippen MR) is 112 cm³/mol. The Labute approximate surface area is 186 Å². The largest absolute Gasteiger partial charge is 0.455 e. The van der Waals surface area contributed by atoms with Crippen molar-refractivity contribution in [2.45, 2.75) is 4.90 Å². The van der Waals surface area contributed by atoms with Crippen molar-refractivity contribution in [2.75, 3.05) is 20.2 Å². The van der Waals surface area contributed by atoms with Gasteiger partial charge in [-0.25, -0.2) is 8.42 Å². The van der Waals surface area contributed by atoms with Gasteiger partial charge in [-0.1, -0.05) is 27.5 Å². The van der Waals surface area contributed by atoms with Gasteiger partial charge in [0.2, 0.25) is 10.0 Å². The van der Waals surface area contributed by atoms with E-state index in [4.69, 9.17) is 16.3 Å². The quantitative estimate of drug-likeness (QED) is 0.425. The van der Waals surface area contributed by atoms with Crippen LogP contribution in [-0.2, 0) is 24.3 Å². The molecule has 30 heavy (non-hydrogen) atoms. The number of amides is 2. The van der Waals surface area contributed by atoms with Gasteiger partial charge in [0.25, 0.3) is 11.8 Å². The lowest BCUT2D eigenvalue weighted by Crippen LogP contribution is -2.44. The summed E-state index contributed by atoms with van der Waals surface area (Å²) in [7, 11) is -2.73. The highest BCUT2D eigenvalue weighted by atomic mass is 79.9. The minimum absolute atomic E-state index is 0.0457. The van der Waals surface area contributed by atoms with Gasteiger partial charge < -0.3 is 4.74 Å². The smallest absolute Gasteiger partial charge is 0.321 e. The second-order valence-electron chi connectivity index (χ2n) is 5.88. The van der Waals surface area contributed by atoms with Crippen molar-refractivity contribution >= 4 is 55.3 Å². The third kappa shape index (κ3) is 6.80. The van der Waals surface area contributed by atoms with E-state index in [-0.39, 0.29) is 4.90 Å². The lowest BCUT2D eigenvalue weighted by molar-refractivity contribution is -0.148. The van der Waals surface area contributed by atoms with E-state index < -0.39 is 41.0 Å². The zero-order chi connectivity index (χ0) is 22.3. The van der Waals surface area contributed by atoms with Crippen LogP contribution in [0.25, 0.3) is 0 Å². The summed E-state index contributed by atoms with van der Waals surface area (Å²) < 4.78 is 31.1. The number of ether oxygens (including phenoxy) is 1. The molecule has 0 aromatic heterocycles. The van der Waals surface area contributed by atoms with Crippen molar-refractivity contribution in [1.82, 2.24) is 15.2 Å².